The van der Waals surface area contributed by atoms with Crippen LogP contribution in [0, 0.1) is 6.92 Å². The first-order valence-electron chi connectivity index (χ1n) is 7.31. The molecule has 0 aliphatic carbocycles. The van der Waals surface area contributed by atoms with Crippen molar-refractivity contribution in [2.75, 3.05) is 13.2 Å². The zero-order valence-corrected chi connectivity index (χ0v) is 12.4. The summed E-state index contributed by atoms with van der Waals surface area (Å²) in [6, 6.07) is 7.34. The van der Waals surface area contributed by atoms with E-state index >= 15 is 0 Å². The molecule has 1 aliphatic heterocycles. The Bertz CT molecular complexity index is 466. The van der Waals surface area contributed by atoms with E-state index in [9.17, 15) is 4.79 Å². The van der Waals surface area contributed by atoms with Gasteiger partial charge in [0.15, 0.2) is 6.29 Å². The predicted octanol–water partition coefficient (Wildman–Crippen LogP) is 3.25. The largest absolute Gasteiger partial charge is 0.456 e. The highest BCUT2D eigenvalue weighted by Crippen LogP contribution is 2.19. The zero-order valence-electron chi connectivity index (χ0n) is 12.4. The smallest absolute Gasteiger partial charge is 0.338 e. The standard InChI is InChI=1S/C17H22O4/c1-3-4-5-10-19-16-11-15(12-20-16)21-17(18)14-8-6-13(2)7-9-14/h3,6-9,15-16H,1,4-5,10-12H2,2H3. The Kier molecular flexibility index (Phi) is 5.96. The molecule has 21 heavy (non-hydrogen) atoms. The first-order valence-corrected chi connectivity index (χ1v) is 7.31. The molecule has 1 heterocycles. The molecule has 1 aromatic rings. The number of allylic oxidation sites excluding steroid dienone is 1. The lowest BCUT2D eigenvalue weighted by Gasteiger charge is -2.11. The van der Waals surface area contributed by atoms with Crippen molar-refractivity contribution in [3.63, 3.8) is 0 Å². The third-order valence-corrected chi connectivity index (χ3v) is 3.34. The van der Waals surface area contributed by atoms with Gasteiger partial charge in [0.1, 0.15) is 6.10 Å². The number of unbranched alkanes of at least 4 members (excludes halogenated alkanes) is 1. The molecule has 1 aromatic carbocycles. The van der Waals surface area contributed by atoms with Gasteiger partial charge >= 0.3 is 5.97 Å². The molecule has 2 rings (SSSR count). The van der Waals surface area contributed by atoms with Crippen molar-refractivity contribution in [2.45, 2.75) is 38.6 Å². The lowest BCUT2D eigenvalue weighted by Crippen LogP contribution is -2.19. The highest BCUT2D eigenvalue weighted by Gasteiger charge is 2.29. The third-order valence-electron chi connectivity index (χ3n) is 3.34. The Hall–Kier alpha value is -1.65. The van der Waals surface area contributed by atoms with Gasteiger partial charge in [-0.15, -0.1) is 6.58 Å². The fourth-order valence-corrected chi connectivity index (χ4v) is 2.12. The van der Waals surface area contributed by atoms with Crippen LogP contribution >= 0.6 is 0 Å². The number of aryl methyl sites for hydroxylation is 1. The van der Waals surface area contributed by atoms with Gasteiger partial charge < -0.3 is 14.2 Å². The van der Waals surface area contributed by atoms with Crippen LogP contribution < -0.4 is 0 Å². The maximum absolute atomic E-state index is 12.0. The summed E-state index contributed by atoms with van der Waals surface area (Å²) in [5.41, 5.74) is 1.68. The van der Waals surface area contributed by atoms with Crippen LogP contribution in [-0.2, 0) is 14.2 Å². The summed E-state index contributed by atoms with van der Waals surface area (Å²) in [4.78, 5) is 12.0. The summed E-state index contributed by atoms with van der Waals surface area (Å²) in [7, 11) is 0. The maximum Gasteiger partial charge on any atom is 0.338 e. The van der Waals surface area contributed by atoms with E-state index in [1.54, 1.807) is 12.1 Å². The lowest BCUT2D eigenvalue weighted by molar-refractivity contribution is -0.111. The molecule has 0 N–H and O–H groups in total. The summed E-state index contributed by atoms with van der Waals surface area (Å²) in [6.07, 6.45) is 3.81. The summed E-state index contributed by atoms with van der Waals surface area (Å²) in [5, 5.41) is 0. The molecule has 2 unspecified atom stereocenters. The van der Waals surface area contributed by atoms with E-state index in [-0.39, 0.29) is 18.4 Å². The molecule has 0 amide bonds. The van der Waals surface area contributed by atoms with Crippen molar-refractivity contribution >= 4 is 5.97 Å². The van der Waals surface area contributed by atoms with Gasteiger partial charge in [-0.1, -0.05) is 23.8 Å². The minimum absolute atomic E-state index is 0.233. The molecule has 0 spiro atoms. The Morgan fingerprint density at radius 3 is 2.90 bits per heavy atom. The number of rotatable bonds is 7. The third kappa shape index (κ3) is 4.99. The SMILES string of the molecule is C=CCCCOC1CC(OC(=O)c2ccc(C)cc2)CO1. The monoisotopic (exact) mass is 290 g/mol. The number of hydrogen-bond donors (Lipinski definition) is 0. The average Bonchev–Trinajstić information content (AvgIpc) is 2.92. The van der Waals surface area contributed by atoms with Crippen molar-refractivity contribution in [2.24, 2.45) is 0 Å². The summed E-state index contributed by atoms with van der Waals surface area (Å²) >= 11 is 0. The van der Waals surface area contributed by atoms with Gasteiger partial charge in [-0.05, 0) is 31.9 Å². The Morgan fingerprint density at radius 1 is 1.43 bits per heavy atom. The van der Waals surface area contributed by atoms with E-state index in [4.69, 9.17) is 14.2 Å². The van der Waals surface area contributed by atoms with Crippen molar-refractivity contribution in [1.29, 1.82) is 0 Å². The Balaban J connectivity index is 1.73. The molecule has 0 aromatic heterocycles. The van der Waals surface area contributed by atoms with Crippen LogP contribution in [0.1, 0.15) is 35.2 Å². The average molecular weight is 290 g/mol. The molecule has 4 nitrogen and oxygen atoms in total. The van der Waals surface area contributed by atoms with Gasteiger partial charge in [0.2, 0.25) is 0 Å². The molecule has 114 valence electrons. The summed E-state index contributed by atoms with van der Waals surface area (Å²) in [6.45, 7) is 6.67. The molecule has 1 aliphatic rings. The Labute approximate surface area is 125 Å². The van der Waals surface area contributed by atoms with Crippen LogP contribution in [0.4, 0.5) is 0 Å². The van der Waals surface area contributed by atoms with E-state index in [0.717, 1.165) is 18.4 Å². The molecular weight excluding hydrogens is 268 g/mol. The van der Waals surface area contributed by atoms with E-state index in [0.29, 0.717) is 25.2 Å². The van der Waals surface area contributed by atoms with Crippen LogP contribution in [0.25, 0.3) is 0 Å². The van der Waals surface area contributed by atoms with Gasteiger partial charge in [0.05, 0.1) is 18.8 Å². The van der Waals surface area contributed by atoms with Gasteiger partial charge in [-0.3, -0.25) is 0 Å². The highest BCUT2D eigenvalue weighted by atomic mass is 16.7. The van der Waals surface area contributed by atoms with E-state index in [1.165, 1.54) is 0 Å². The summed E-state index contributed by atoms with van der Waals surface area (Å²) < 4.78 is 16.5. The minimum Gasteiger partial charge on any atom is -0.456 e. The molecule has 0 radical (unpaired) electrons. The van der Waals surface area contributed by atoms with Gasteiger partial charge in [0, 0.05) is 6.42 Å². The zero-order chi connectivity index (χ0) is 15.1. The van der Waals surface area contributed by atoms with Crippen molar-refractivity contribution in [1.82, 2.24) is 0 Å². The topological polar surface area (TPSA) is 44.8 Å². The number of carbonyl (C=O) groups is 1. The van der Waals surface area contributed by atoms with Crippen LogP contribution in [-0.4, -0.2) is 31.6 Å². The normalized spacial score (nSPS) is 21.2. The number of carbonyl (C=O) groups excluding carboxylic acids is 1. The van der Waals surface area contributed by atoms with Crippen molar-refractivity contribution < 1.29 is 19.0 Å². The number of ether oxygens (including phenoxy) is 3. The fraction of sp³-hybridized carbons (Fsp3) is 0.471. The summed E-state index contributed by atoms with van der Waals surface area (Å²) in [5.74, 6) is -0.309. The van der Waals surface area contributed by atoms with Crippen molar-refractivity contribution in [3.05, 3.63) is 48.0 Å². The number of esters is 1. The second kappa shape index (κ2) is 7.96. The first-order chi connectivity index (χ1) is 10.2. The first kappa shape index (κ1) is 15.7. The minimum atomic E-state index is -0.309. The van der Waals surface area contributed by atoms with Gasteiger partial charge in [-0.2, -0.15) is 0 Å². The van der Waals surface area contributed by atoms with Crippen molar-refractivity contribution in [3.8, 4) is 0 Å². The lowest BCUT2D eigenvalue weighted by atomic mass is 10.1. The van der Waals surface area contributed by atoms with Crippen LogP contribution in [0.2, 0.25) is 0 Å². The van der Waals surface area contributed by atoms with E-state index in [2.05, 4.69) is 6.58 Å². The molecule has 0 saturated carbocycles. The predicted molar refractivity (Wildman–Crippen MR) is 80.1 cm³/mol. The van der Waals surface area contributed by atoms with Gasteiger partial charge in [-0.25, -0.2) is 4.79 Å². The Morgan fingerprint density at radius 2 is 2.19 bits per heavy atom. The van der Waals surface area contributed by atoms with E-state index in [1.807, 2.05) is 25.1 Å². The van der Waals surface area contributed by atoms with Crippen LogP contribution in [0.5, 0.6) is 0 Å². The highest BCUT2D eigenvalue weighted by molar-refractivity contribution is 5.89. The van der Waals surface area contributed by atoms with Crippen LogP contribution in [0.3, 0.4) is 0 Å². The molecule has 2 atom stereocenters. The quantitative estimate of drug-likeness (QED) is 0.439. The number of benzene rings is 1. The molecule has 0 bridgehead atoms. The van der Waals surface area contributed by atoms with Gasteiger partial charge in [0.25, 0.3) is 0 Å². The molecule has 1 saturated heterocycles. The second-order valence-electron chi connectivity index (χ2n) is 5.19. The van der Waals surface area contributed by atoms with Crippen LogP contribution in [0.15, 0.2) is 36.9 Å². The molecular formula is C17H22O4. The molecule has 1 fully saturated rings. The number of hydrogen-bond acceptors (Lipinski definition) is 4. The van der Waals surface area contributed by atoms with E-state index < -0.39 is 0 Å². The maximum atomic E-state index is 12.0. The fourth-order valence-electron chi connectivity index (χ4n) is 2.12. The molecule has 4 heteroatoms. The second-order valence-corrected chi connectivity index (χ2v) is 5.19.